The molecule has 4 heterocycles. The van der Waals surface area contributed by atoms with E-state index in [1.165, 1.54) is 15.6 Å². The quantitative estimate of drug-likeness (QED) is 0.334. The van der Waals surface area contributed by atoms with E-state index in [1.54, 1.807) is 24.4 Å². The second-order valence-corrected chi connectivity index (χ2v) is 11.9. The van der Waals surface area contributed by atoms with Crippen LogP contribution in [-0.4, -0.2) is 94.0 Å². The van der Waals surface area contributed by atoms with E-state index in [0.717, 1.165) is 32.4 Å². The van der Waals surface area contributed by atoms with Gasteiger partial charge in [0.1, 0.15) is 5.69 Å². The zero-order chi connectivity index (χ0) is 29.2. The molecule has 0 radical (unpaired) electrons. The molecule has 16 heteroatoms. The predicted octanol–water partition coefficient (Wildman–Crippen LogP) is 2.38. The van der Waals surface area contributed by atoms with Gasteiger partial charge in [-0.05, 0) is 43.5 Å². The first kappa shape index (κ1) is 28.6. The maximum Gasteiger partial charge on any atom is 0.354 e. The van der Waals surface area contributed by atoms with Crippen molar-refractivity contribution in [2.24, 2.45) is 0 Å². The number of alkyl halides is 2. The number of nitrogens with one attached hydrogen (secondary N) is 1. The van der Waals surface area contributed by atoms with Crippen molar-refractivity contribution in [2.45, 2.75) is 38.0 Å². The van der Waals surface area contributed by atoms with Crippen molar-refractivity contribution in [2.75, 3.05) is 53.1 Å². The van der Waals surface area contributed by atoms with E-state index in [1.807, 2.05) is 0 Å². The third-order valence-corrected chi connectivity index (χ3v) is 8.29. The lowest BCUT2D eigenvalue weighted by molar-refractivity contribution is -0.0222. The van der Waals surface area contributed by atoms with Crippen LogP contribution in [0.25, 0.3) is 17.1 Å². The van der Waals surface area contributed by atoms with Crippen LogP contribution in [0, 0.1) is 0 Å². The minimum atomic E-state index is -3.73. The number of aliphatic hydroxyl groups excluding tert-OH is 1. The number of aromatic nitrogens is 5. The van der Waals surface area contributed by atoms with Crippen molar-refractivity contribution < 1.29 is 32.2 Å². The van der Waals surface area contributed by atoms with E-state index in [0.29, 0.717) is 17.1 Å². The van der Waals surface area contributed by atoms with E-state index in [-0.39, 0.29) is 49.0 Å². The molecule has 0 saturated carbocycles. The van der Waals surface area contributed by atoms with Crippen molar-refractivity contribution >= 4 is 33.3 Å². The molecule has 5 rings (SSSR count). The summed E-state index contributed by atoms with van der Waals surface area (Å²) in [4.78, 5) is 24.0. The standard InChI is InChI=1S/C25H30F2N8O5S/c26-25(27)6-10-34(11-7-25)24-28-18(15-19(29-24)23(37)38)20-16-35(32-30-20)21-5-4-17(31-41(39,40)13-12-36)14-22(21)33-8-2-1-3-9-33/h4-5,14-16,31,36H,1-3,6-13H2,(H,37,38). The average Bonchev–Trinajstić information content (AvgIpc) is 3.43. The zero-order valence-corrected chi connectivity index (χ0v) is 22.9. The van der Waals surface area contributed by atoms with Gasteiger partial charge >= 0.3 is 5.97 Å². The SMILES string of the molecule is O=C(O)c1cc(-c2cn(-c3ccc(NS(=O)(=O)CCO)cc3N3CCCCC3)nn2)nc(N2CCC(F)(F)CC2)n1. The number of hydrogen-bond acceptors (Lipinski definition) is 10. The fraction of sp³-hybridized carbons (Fsp3) is 0.480. The van der Waals surface area contributed by atoms with Gasteiger partial charge in [-0.3, -0.25) is 4.72 Å². The van der Waals surface area contributed by atoms with E-state index in [2.05, 4.69) is 29.9 Å². The molecule has 3 N–H and O–H groups in total. The molecule has 2 saturated heterocycles. The molecule has 1 aromatic carbocycles. The first-order valence-corrected chi connectivity index (χ1v) is 14.9. The maximum absolute atomic E-state index is 13.7. The third-order valence-electron chi connectivity index (χ3n) is 7.02. The Bertz CT molecular complexity index is 1520. The van der Waals surface area contributed by atoms with Crippen LogP contribution in [0.5, 0.6) is 0 Å². The van der Waals surface area contributed by atoms with Crippen molar-refractivity contribution in [3.63, 3.8) is 0 Å². The van der Waals surface area contributed by atoms with Gasteiger partial charge in [0.05, 0.1) is 41.3 Å². The molecule has 2 fully saturated rings. The third kappa shape index (κ3) is 6.70. The van der Waals surface area contributed by atoms with Gasteiger partial charge in [-0.2, -0.15) is 0 Å². The number of carbonyl (C=O) groups is 1. The summed E-state index contributed by atoms with van der Waals surface area (Å²) in [5, 5.41) is 27.1. The number of hydrogen-bond donors (Lipinski definition) is 3. The molecule has 0 aliphatic carbocycles. The lowest BCUT2D eigenvalue weighted by atomic mass is 10.1. The largest absolute Gasteiger partial charge is 0.477 e. The molecule has 0 amide bonds. The number of carboxylic acid groups (broad SMARTS) is 1. The van der Waals surface area contributed by atoms with Crippen molar-refractivity contribution in [3.05, 3.63) is 36.2 Å². The van der Waals surface area contributed by atoms with Crippen molar-refractivity contribution in [3.8, 4) is 17.1 Å². The van der Waals surface area contributed by atoms with Crippen LogP contribution in [0.4, 0.5) is 26.1 Å². The Labute approximate surface area is 234 Å². The number of piperidine rings is 2. The molecule has 41 heavy (non-hydrogen) atoms. The second-order valence-electron chi connectivity index (χ2n) is 10.0. The monoisotopic (exact) mass is 592 g/mol. The number of anilines is 3. The van der Waals surface area contributed by atoms with Crippen LogP contribution in [-0.2, 0) is 10.0 Å². The van der Waals surface area contributed by atoms with Gasteiger partial charge in [-0.25, -0.2) is 36.6 Å². The van der Waals surface area contributed by atoms with E-state index in [9.17, 15) is 27.1 Å². The Morgan fingerprint density at radius 2 is 1.71 bits per heavy atom. The van der Waals surface area contributed by atoms with Gasteiger partial charge in [0, 0.05) is 39.0 Å². The lowest BCUT2D eigenvalue weighted by Crippen LogP contribution is -2.40. The van der Waals surface area contributed by atoms with Crippen LogP contribution in [0.1, 0.15) is 42.6 Å². The van der Waals surface area contributed by atoms with E-state index < -0.39 is 34.3 Å². The highest BCUT2D eigenvalue weighted by Gasteiger charge is 2.35. The predicted molar refractivity (Wildman–Crippen MR) is 146 cm³/mol. The Morgan fingerprint density at radius 3 is 2.39 bits per heavy atom. The van der Waals surface area contributed by atoms with Crippen molar-refractivity contribution in [1.82, 2.24) is 25.0 Å². The van der Waals surface area contributed by atoms with E-state index >= 15 is 0 Å². The molecule has 0 spiro atoms. The summed E-state index contributed by atoms with van der Waals surface area (Å²) in [6.45, 7) is 0.972. The first-order chi connectivity index (χ1) is 19.5. The number of rotatable bonds is 9. The van der Waals surface area contributed by atoms with Crippen LogP contribution in [0.3, 0.4) is 0 Å². The molecule has 2 aromatic heterocycles. The van der Waals surface area contributed by atoms with Gasteiger partial charge < -0.3 is 20.0 Å². The Morgan fingerprint density at radius 1 is 0.976 bits per heavy atom. The maximum atomic E-state index is 13.7. The number of aliphatic hydroxyl groups is 1. The fourth-order valence-electron chi connectivity index (χ4n) is 4.87. The summed E-state index contributed by atoms with van der Waals surface area (Å²) in [7, 11) is -3.73. The lowest BCUT2D eigenvalue weighted by Gasteiger charge is -2.31. The van der Waals surface area contributed by atoms with Gasteiger partial charge in [0.15, 0.2) is 5.69 Å². The summed E-state index contributed by atoms with van der Waals surface area (Å²) < 4.78 is 55.8. The molecule has 2 aliphatic heterocycles. The van der Waals surface area contributed by atoms with Crippen LogP contribution in [0.15, 0.2) is 30.5 Å². The highest BCUT2D eigenvalue weighted by atomic mass is 32.2. The Balaban J connectivity index is 1.49. The number of halogens is 2. The molecule has 2 aliphatic rings. The number of aromatic carboxylic acids is 1. The summed E-state index contributed by atoms with van der Waals surface area (Å²) in [6, 6.07) is 6.23. The molecule has 3 aromatic rings. The number of carboxylic acids is 1. The highest BCUT2D eigenvalue weighted by Crippen LogP contribution is 2.32. The molecular formula is C25H30F2N8O5S. The average molecular weight is 593 g/mol. The number of benzene rings is 1. The molecule has 0 bridgehead atoms. The van der Waals surface area contributed by atoms with Gasteiger partial charge in [0.25, 0.3) is 5.92 Å². The molecular weight excluding hydrogens is 562 g/mol. The molecule has 13 nitrogen and oxygen atoms in total. The zero-order valence-electron chi connectivity index (χ0n) is 22.1. The number of sulfonamides is 1. The highest BCUT2D eigenvalue weighted by molar-refractivity contribution is 7.92. The van der Waals surface area contributed by atoms with Gasteiger partial charge in [0.2, 0.25) is 16.0 Å². The summed E-state index contributed by atoms with van der Waals surface area (Å²) in [6.07, 6.45) is 3.81. The van der Waals surface area contributed by atoms with Gasteiger partial charge in [-0.15, -0.1) is 5.10 Å². The van der Waals surface area contributed by atoms with Crippen LogP contribution >= 0.6 is 0 Å². The Kier molecular flexibility index (Phi) is 8.04. The topological polar surface area (TPSA) is 167 Å². The smallest absolute Gasteiger partial charge is 0.354 e. The Hall–Kier alpha value is -3.92. The second kappa shape index (κ2) is 11.5. The summed E-state index contributed by atoms with van der Waals surface area (Å²) in [5.41, 5.74) is 1.78. The van der Waals surface area contributed by atoms with Crippen LogP contribution in [0.2, 0.25) is 0 Å². The summed E-state index contributed by atoms with van der Waals surface area (Å²) in [5.74, 6) is -4.49. The molecule has 0 unspecified atom stereocenters. The fourth-order valence-corrected chi connectivity index (χ4v) is 5.70. The molecule has 0 atom stereocenters. The molecule has 220 valence electrons. The minimum Gasteiger partial charge on any atom is -0.477 e. The van der Waals surface area contributed by atoms with Gasteiger partial charge in [-0.1, -0.05) is 5.21 Å². The van der Waals surface area contributed by atoms with Crippen molar-refractivity contribution in [1.29, 1.82) is 0 Å². The minimum absolute atomic E-state index is 0.0180. The number of nitrogens with zero attached hydrogens (tertiary/aromatic N) is 7. The normalized spacial score (nSPS) is 17.4. The van der Waals surface area contributed by atoms with E-state index in [4.69, 9.17) is 5.11 Å². The summed E-state index contributed by atoms with van der Waals surface area (Å²) >= 11 is 0. The van der Waals surface area contributed by atoms with Crippen LogP contribution < -0.4 is 14.5 Å². The first-order valence-electron chi connectivity index (χ1n) is 13.2.